The van der Waals surface area contributed by atoms with Gasteiger partial charge in [-0.05, 0) is 59.7 Å². The minimum Gasteiger partial charge on any atom is -0.309 e. The normalized spacial score (nSPS) is 11.7. The van der Waals surface area contributed by atoms with Crippen LogP contribution in [0.5, 0.6) is 0 Å². The molecule has 0 saturated carbocycles. The molecule has 0 aliphatic heterocycles. The Morgan fingerprint density at radius 1 is 0.316 bits per heavy atom. The molecule has 38 heavy (non-hydrogen) atoms. The summed E-state index contributed by atoms with van der Waals surface area (Å²) in [4.78, 5) is 0. The topological polar surface area (TPSA) is 9.86 Å². The Balaban J connectivity index is 1.51. The molecule has 2 aromatic heterocycles. The van der Waals surface area contributed by atoms with Crippen LogP contribution in [0.3, 0.4) is 0 Å². The van der Waals surface area contributed by atoms with Crippen LogP contribution in [0, 0.1) is 0 Å². The first-order valence-corrected chi connectivity index (χ1v) is 13.0. The van der Waals surface area contributed by atoms with E-state index in [2.05, 4.69) is 155 Å². The lowest BCUT2D eigenvalue weighted by molar-refractivity contribution is 1.17. The van der Waals surface area contributed by atoms with Crippen LogP contribution in [0.2, 0.25) is 0 Å². The Morgan fingerprint density at radius 3 is 1.42 bits per heavy atom. The van der Waals surface area contributed by atoms with Crippen molar-refractivity contribution in [3.8, 4) is 22.5 Å². The maximum Gasteiger partial charge on any atom is 0.0548 e. The van der Waals surface area contributed by atoms with Gasteiger partial charge in [-0.15, -0.1) is 0 Å². The summed E-state index contributed by atoms with van der Waals surface area (Å²) >= 11 is 0. The van der Waals surface area contributed by atoms with Gasteiger partial charge < -0.3 is 9.13 Å². The average Bonchev–Trinajstić information content (AvgIpc) is 3.51. The van der Waals surface area contributed by atoms with E-state index in [1.165, 1.54) is 66.1 Å². The molecule has 0 fully saturated rings. The van der Waals surface area contributed by atoms with Gasteiger partial charge in [-0.1, -0.05) is 97.1 Å². The van der Waals surface area contributed by atoms with Gasteiger partial charge in [-0.25, -0.2) is 0 Å². The van der Waals surface area contributed by atoms with Gasteiger partial charge in [0.25, 0.3) is 0 Å². The van der Waals surface area contributed by atoms with Crippen LogP contribution in [0.25, 0.3) is 66.1 Å². The van der Waals surface area contributed by atoms with Crippen molar-refractivity contribution in [2.45, 2.75) is 0 Å². The summed E-state index contributed by atoms with van der Waals surface area (Å²) in [5.74, 6) is 0. The molecule has 0 N–H and O–H groups in total. The van der Waals surface area contributed by atoms with E-state index in [-0.39, 0.29) is 0 Å². The van der Waals surface area contributed by atoms with Gasteiger partial charge >= 0.3 is 0 Å². The zero-order chi connectivity index (χ0) is 25.1. The summed E-state index contributed by atoms with van der Waals surface area (Å²) < 4.78 is 4.82. The van der Waals surface area contributed by atoms with Gasteiger partial charge in [0, 0.05) is 32.9 Å². The van der Waals surface area contributed by atoms with Crippen molar-refractivity contribution in [2.75, 3.05) is 0 Å². The molecule has 178 valence electrons. The standard InChI is InChI=1S/C36H24N2/c1-3-12-25(13-4-1)26-14-11-17-28(24-26)38-32-21-10-8-19-30(32)36-34(38)23-22-33-35(36)29-18-7-9-20-31(29)37(33)27-15-5-2-6-16-27/h1-24H. The van der Waals surface area contributed by atoms with E-state index in [4.69, 9.17) is 0 Å². The van der Waals surface area contributed by atoms with E-state index in [9.17, 15) is 0 Å². The second kappa shape index (κ2) is 8.22. The van der Waals surface area contributed by atoms with E-state index >= 15 is 0 Å². The fourth-order valence-electron chi connectivity index (χ4n) is 6.11. The minimum atomic E-state index is 1.17. The molecule has 0 spiro atoms. The summed E-state index contributed by atoms with van der Waals surface area (Å²) in [5.41, 5.74) is 9.69. The molecule has 6 aromatic carbocycles. The first-order valence-electron chi connectivity index (χ1n) is 13.0. The highest BCUT2D eigenvalue weighted by atomic mass is 15.0. The smallest absolute Gasteiger partial charge is 0.0548 e. The fraction of sp³-hybridized carbons (Fsp3) is 0. The molecule has 0 bridgehead atoms. The van der Waals surface area contributed by atoms with Crippen LogP contribution in [0.4, 0.5) is 0 Å². The average molecular weight is 485 g/mol. The Labute approximate surface area is 220 Å². The molecule has 8 aromatic rings. The fourth-order valence-corrected chi connectivity index (χ4v) is 6.11. The molecule has 0 unspecified atom stereocenters. The molecular formula is C36H24N2. The molecular weight excluding hydrogens is 460 g/mol. The molecule has 0 aliphatic rings. The third-order valence-electron chi connectivity index (χ3n) is 7.70. The summed E-state index contributed by atoms with van der Waals surface area (Å²) in [6, 6.07) is 52.3. The first-order chi connectivity index (χ1) is 18.9. The number of para-hydroxylation sites is 3. The zero-order valence-corrected chi connectivity index (χ0v) is 20.8. The lowest BCUT2D eigenvalue weighted by atomic mass is 10.0. The number of fused-ring (bicyclic) bond motifs is 7. The van der Waals surface area contributed by atoms with Gasteiger partial charge in [0.2, 0.25) is 0 Å². The third-order valence-corrected chi connectivity index (χ3v) is 7.70. The van der Waals surface area contributed by atoms with Gasteiger partial charge in [-0.3, -0.25) is 0 Å². The summed E-state index contributed by atoms with van der Waals surface area (Å²) in [6.45, 7) is 0. The molecule has 0 radical (unpaired) electrons. The number of benzene rings is 6. The van der Waals surface area contributed by atoms with Crippen molar-refractivity contribution in [2.24, 2.45) is 0 Å². The maximum atomic E-state index is 2.42. The molecule has 2 heteroatoms. The van der Waals surface area contributed by atoms with Crippen LogP contribution in [0.15, 0.2) is 146 Å². The molecule has 2 heterocycles. The Morgan fingerprint density at radius 2 is 0.789 bits per heavy atom. The van der Waals surface area contributed by atoms with Crippen molar-refractivity contribution in [1.29, 1.82) is 0 Å². The second-order valence-electron chi connectivity index (χ2n) is 9.81. The van der Waals surface area contributed by atoms with Gasteiger partial charge in [0.1, 0.15) is 0 Å². The monoisotopic (exact) mass is 484 g/mol. The van der Waals surface area contributed by atoms with Gasteiger partial charge in [-0.2, -0.15) is 0 Å². The highest BCUT2D eigenvalue weighted by molar-refractivity contribution is 6.28. The van der Waals surface area contributed by atoms with Crippen LogP contribution >= 0.6 is 0 Å². The van der Waals surface area contributed by atoms with Crippen LogP contribution in [-0.4, -0.2) is 9.13 Å². The highest BCUT2D eigenvalue weighted by Crippen LogP contribution is 2.42. The predicted molar refractivity (Wildman–Crippen MR) is 161 cm³/mol. The number of hydrogen-bond acceptors (Lipinski definition) is 0. The SMILES string of the molecule is c1ccc(-c2cccc(-n3c4ccccc4c4c5c6ccccc6n(-c6ccccc6)c5ccc43)c2)cc1. The zero-order valence-electron chi connectivity index (χ0n) is 20.8. The molecule has 0 atom stereocenters. The Kier molecular flexibility index (Phi) is 4.55. The first kappa shape index (κ1) is 21.0. The van der Waals surface area contributed by atoms with Crippen molar-refractivity contribution >= 4 is 43.6 Å². The second-order valence-corrected chi connectivity index (χ2v) is 9.81. The van der Waals surface area contributed by atoms with Crippen molar-refractivity contribution < 1.29 is 0 Å². The van der Waals surface area contributed by atoms with Gasteiger partial charge in [0.05, 0.1) is 22.1 Å². The van der Waals surface area contributed by atoms with Crippen molar-refractivity contribution in [3.63, 3.8) is 0 Å². The van der Waals surface area contributed by atoms with E-state index in [0.717, 1.165) is 0 Å². The van der Waals surface area contributed by atoms with Crippen LogP contribution in [0.1, 0.15) is 0 Å². The molecule has 0 aliphatic carbocycles. The van der Waals surface area contributed by atoms with Crippen LogP contribution < -0.4 is 0 Å². The van der Waals surface area contributed by atoms with Gasteiger partial charge in [0.15, 0.2) is 0 Å². The summed E-state index contributed by atoms with van der Waals surface area (Å²) in [7, 11) is 0. The maximum absolute atomic E-state index is 2.42. The van der Waals surface area contributed by atoms with Crippen LogP contribution in [-0.2, 0) is 0 Å². The van der Waals surface area contributed by atoms with E-state index in [1.54, 1.807) is 0 Å². The lowest BCUT2D eigenvalue weighted by Crippen LogP contribution is -1.95. The summed E-state index contributed by atoms with van der Waals surface area (Å²) in [6.07, 6.45) is 0. The Bertz CT molecular complexity index is 2110. The number of rotatable bonds is 3. The van der Waals surface area contributed by atoms with E-state index in [0.29, 0.717) is 0 Å². The molecule has 2 nitrogen and oxygen atoms in total. The third kappa shape index (κ3) is 3.01. The molecule has 0 saturated heterocycles. The highest BCUT2D eigenvalue weighted by Gasteiger charge is 2.20. The van der Waals surface area contributed by atoms with E-state index in [1.807, 2.05) is 0 Å². The molecule has 0 amide bonds. The minimum absolute atomic E-state index is 1.17. The van der Waals surface area contributed by atoms with Crippen molar-refractivity contribution in [3.05, 3.63) is 146 Å². The Hall–Kier alpha value is -5.08. The van der Waals surface area contributed by atoms with Crippen molar-refractivity contribution in [1.82, 2.24) is 9.13 Å². The van der Waals surface area contributed by atoms with E-state index < -0.39 is 0 Å². The quantitative estimate of drug-likeness (QED) is 0.236. The molecule has 8 rings (SSSR count). The lowest BCUT2D eigenvalue weighted by Gasteiger charge is -2.11. The predicted octanol–water partition coefficient (Wildman–Crippen LogP) is 9.55. The number of hydrogen-bond donors (Lipinski definition) is 0. The summed E-state index contributed by atoms with van der Waals surface area (Å²) in [5, 5.41) is 5.15. The largest absolute Gasteiger partial charge is 0.309 e. The number of aromatic nitrogens is 2. The number of nitrogens with zero attached hydrogens (tertiary/aromatic N) is 2.